The summed E-state index contributed by atoms with van der Waals surface area (Å²) in [5.41, 5.74) is 0.900. The number of carbonyl (C=O) groups is 2. The van der Waals surface area contributed by atoms with E-state index in [1.165, 1.54) is 23.0 Å². The first-order chi connectivity index (χ1) is 14.7. The second-order valence-corrected chi connectivity index (χ2v) is 9.01. The molecule has 1 unspecified atom stereocenters. The van der Waals surface area contributed by atoms with Gasteiger partial charge in [-0.3, -0.25) is 9.59 Å². The number of likely N-dealkylation sites (tertiary alicyclic amines) is 1. The van der Waals surface area contributed by atoms with E-state index in [4.69, 9.17) is 16.3 Å². The molecular formula is C23H24BrClN2O4. The number of nitrogens with one attached hydrogen (secondary N) is 1. The second-order valence-electron chi connectivity index (χ2n) is 7.68. The van der Waals surface area contributed by atoms with Crippen LogP contribution in [0.4, 0.5) is 0 Å². The largest absolute Gasteiger partial charge is 0.872 e. The Balaban J connectivity index is 2.10. The quantitative estimate of drug-likeness (QED) is 0.353. The standard InChI is InChI=1S/C23H24BrClN2O4/c1-26(2)11-4-12-27-20(14-5-8-16(24)9-6-14)19(22(29)23(27)30)21(28)15-7-10-18(31-3)17(25)13-15/h5-10,13,20,28H,4,11-12H2,1-3H3. The van der Waals surface area contributed by atoms with Crippen molar-refractivity contribution in [1.82, 2.24) is 4.90 Å². The monoisotopic (exact) mass is 506 g/mol. The Labute approximate surface area is 195 Å². The third kappa shape index (κ3) is 4.95. The van der Waals surface area contributed by atoms with Crippen LogP contribution >= 0.6 is 27.5 Å². The molecule has 164 valence electrons. The van der Waals surface area contributed by atoms with Gasteiger partial charge < -0.3 is 19.6 Å². The fourth-order valence-corrected chi connectivity index (χ4v) is 4.18. The zero-order valence-electron chi connectivity index (χ0n) is 17.6. The van der Waals surface area contributed by atoms with Gasteiger partial charge in [0.05, 0.1) is 38.8 Å². The Morgan fingerprint density at radius 1 is 1.19 bits per heavy atom. The number of ketones is 1. The highest BCUT2D eigenvalue weighted by Gasteiger charge is 2.43. The van der Waals surface area contributed by atoms with E-state index in [-0.39, 0.29) is 16.2 Å². The molecule has 1 atom stereocenters. The first kappa shape index (κ1) is 23.3. The highest BCUT2D eigenvalue weighted by molar-refractivity contribution is 9.10. The number of rotatable bonds is 7. The summed E-state index contributed by atoms with van der Waals surface area (Å²) in [6, 6.07) is 11.1. The number of methoxy groups -OCH3 is 1. The summed E-state index contributed by atoms with van der Waals surface area (Å²) in [5, 5.41) is 13.6. The van der Waals surface area contributed by atoms with Gasteiger partial charge in [-0.25, -0.2) is 0 Å². The number of carbonyl (C=O) groups excluding carboxylic acids is 2. The zero-order chi connectivity index (χ0) is 22.7. The summed E-state index contributed by atoms with van der Waals surface area (Å²) in [6.45, 7) is 1.22. The van der Waals surface area contributed by atoms with Crippen molar-refractivity contribution in [2.24, 2.45) is 0 Å². The number of quaternary nitrogens is 1. The molecule has 3 rings (SSSR count). The average Bonchev–Trinajstić information content (AvgIpc) is 2.98. The minimum atomic E-state index is -0.762. The lowest BCUT2D eigenvalue weighted by atomic mass is 9.95. The highest BCUT2D eigenvalue weighted by Crippen LogP contribution is 2.39. The maximum atomic E-state index is 13.4. The molecule has 1 aliphatic heterocycles. The van der Waals surface area contributed by atoms with Gasteiger partial charge in [0.25, 0.3) is 5.91 Å². The van der Waals surface area contributed by atoms with Crippen molar-refractivity contribution >= 4 is 45.0 Å². The normalized spacial score (nSPS) is 18.1. The minimum absolute atomic E-state index is 0.0502. The van der Waals surface area contributed by atoms with Crippen LogP contribution < -0.4 is 14.7 Å². The Morgan fingerprint density at radius 2 is 1.87 bits per heavy atom. The van der Waals surface area contributed by atoms with Gasteiger partial charge in [-0.05, 0) is 35.4 Å². The van der Waals surface area contributed by atoms with Gasteiger partial charge in [0.2, 0.25) is 5.78 Å². The summed E-state index contributed by atoms with van der Waals surface area (Å²) in [4.78, 5) is 28.6. The molecule has 1 heterocycles. The van der Waals surface area contributed by atoms with Crippen molar-refractivity contribution in [2.45, 2.75) is 12.5 Å². The van der Waals surface area contributed by atoms with Gasteiger partial charge in [0.1, 0.15) is 5.75 Å². The fourth-order valence-electron chi connectivity index (χ4n) is 3.66. The van der Waals surface area contributed by atoms with Crippen LogP contribution in [0.2, 0.25) is 5.02 Å². The summed E-state index contributed by atoms with van der Waals surface area (Å²) < 4.78 is 6.01. The Hall–Kier alpha value is -2.35. The highest BCUT2D eigenvalue weighted by atomic mass is 79.9. The lowest BCUT2D eigenvalue weighted by Gasteiger charge is -2.27. The van der Waals surface area contributed by atoms with E-state index < -0.39 is 23.5 Å². The van der Waals surface area contributed by atoms with Crippen LogP contribution in [0.3, 0.4) is 0 Å². The molecular weight excluding hydrogens is 484 g/mol. The molecule has 0 spiro atoms. The number of Topliss-reactive ketones (excluding diaryl/α,β-unsaturated/α-hetero) is 1. The molecule has 6 nitrogen and oxygen atoms in total. The van der Waals surface area contributed by atoms with Gasteiger partial charge in [0.15, 0.2) is 0 Å². The molecule has 1 N–H and O–H groups in total. The van der Waals surface area contributed by atoms with Crippen molar-refractivity contribution in [1.29, 1.82) is 0 Å². The van der Waals surface area contributed by atoms with Crippen LogP contribution in [0, 0.1) is 0 Å². The molecule has 2 aromatic rings. The van der Waals surface area contributed by atoms with Crippen molar-refractivity contribution in [3.63, 3.8) is 0 Å². The molecule has 1 aliphatic rings. The van der Waals surface area contributed by atoms with Gasteiger partial charge in [-0.2, -0.15) is 0 Å². The van der Waals surface area contributed by atoms with Gasteiger partial charge in [-0.15, -0.1) is 0 Å². The maximum absolute atomic E-state index is 13.4. The number of hydrogen-bond acceptors (Lipinski definition) is 4. The third-order valence-electron chi connectivity index (χ3n) is 5.20. The fraction of sp³-hybridized carbons (Fsp3) is 0.304. The van der Waals surface area contributed by atoms with E-state index in [2.05, 4.69) is 15.9 Å². The number of ether oxygens (including phenoxy) is 1. The summed E-state index contributed by atoms with van der Waals surface area (Å²) in [5.74, 6) is -1.49. The van der Waals surface area contributed by atoms with Crippen molar-refractivity contribution < 1.29 is 24.3 Å². The molecule has 31 heavy (non-hydrogen) atoms. The lowest BCUT2D eigenvalue weighted by Crippen LogP contribution is -3.05. The van der Waals surface area contributed by atoms with E-state index in [9.17, 15) is 14.7 Å². The predicted octanol–water partition coefficient (Wildman–Crippen LogP) is 1.87. The van der Waals surface area contributed by atoms with Crippen LogP contribution in [0.1, 0.15) is 23.6 Å². The molecule has 0 bridgehead atoms. The Kier molecular flexibility index (Phi) is 7.41. The molecule has 0 aromatic heterocycles. The minimum Gasteiger partial charge on any atom is -0.872 e. The predicted molar refractivity (Wildman–Crippen MR) is 121 cm³/mol. The van der Waals surface area contributed by atoms with Crippen LogP contribution in [-0.4, -0.2) is 50.9 Å². The van der Waals surface area contributed by atoms with Crippen molar-refractivity contribution in [3.8, 4) is 5.75 Å². The number of amides is 1. The van der Waals surface area contributed by atoms with E-state index in [0.29, 0.717) is 24.3 Å². The van der Waals surface area contributed by atoms with Crippen LogP contribution in [-0.2, 0) is 9.59 Å². The van der Waals surface area contributed by atoms with Crippen molar-refractivity contribution in [3.05, 3.63) is 68.7 Å². The molecule has 2 aromatic carbocycles. The molecule has 1 fully saturated rings. The average molecular weight is 508 g/mol. The maximum Gasteiger partial charge on any atom is 0.295 e. The van der Waals surface area contributed by atoms with E-state index >= 15 is 0 Å². The van der Waals surface area contributed by atoms with E-state index in [1.54, 1.807) is 12.1 Å². The van der Waals surface area contributed by atoms with Crippen LogP contribution in [0.15, 0.2) is 52.5 Å². The van der Waals surface area contributed by atoms with Gasteiger partial charge >= 0.3 is 0 Å². The van der Waals surface area contributed by atoms with Gasteiger partial charge in [0, 0.05) is 23.0 Å². The molecule has 0 saturated carbocycles. The van der Waals surface area contributed by atoms with Gasteiger partial charge in [-0.1, -0.05) is 51.5 Å². The number of halogens is 2. The summed E-state index contributed by atoms with van der Waals surface area (Å²) in [6.07, 6.45) is 0.713. The molecule has 1 saturated heterocycles. The van der Waals surface area contributed by atoms with Crippen LogP contribution in [0.5, 0.6) is 5.75 Å². The second kappa shape index (κ2) is 9.85. The van der Waals surface area contributed by atoms with Crippen molar-refractivity contribution in [2.75, 3.05) is 34.3 Å². The number of nitrogens with zero attached hydrogens (tertiary/aromatic N) is 1. The number of benzene rings is 2. The van der Waals surface area contributed by atoms with Crippen LogP contribution in [0.25, 0.3) is 5.76 Å². The molecule has 0 aliphatic carbocycles. The Bertz CT molecular complexity index is 1020. The molecule has 0 radical (unpaired) electrons. The zero-order valence-corrected chi connectivity index (χ0v) is 19.9. The van der Waals surface area contributed by atoms with E-state index in [1.807, 2.05) is 38.4 Å². The first-order valence-electron chi connectivity index (χ1n) is 9.89. The topological polar surface area (TPSA) is 74.1 Å². The molecule has 1 amide bonds. The first-order valence-corrected chi connectivity index (χ1v) is 11.1. The smallest absolute Gasteiger partial charge is 0.295 e. The molecule has 8 heteroatoms. The summed E-state index contributed by atoms with van der Waals surface area (Å²) >= 11 is 9.59. The Morgan fingerprint density at radius 3 is 2.45 bits per heavy atom. The lowest BCUT2D eigenvalue weighted by molar-refractivity contribution is -0.858. The van der Waals surface area contributed by atoms with E-state index in [0.717, 1.165) is 11.0 Å². The number of hydrogen-bond donors (Lipinski definition) is 1. The SMILES string of the molecule is COc1ccc(C([O-])=C2C(=O)C(=O)N(CCC[NH+](C)C)C2c2ccc(Br)cc2)cc1Cl. The summed E-state index contributed by atoms with van der Waals surface area (Å²) in [7, 11) is 5.53. The third-order valence-corrected chi connectivity index (χ3v) is 6.03.